The van der Waals surface area contributed by atoms with Crippen LogP contribution in [0.4, 0.5) is 0 Å². The monoisotopic (exact) mass is 443 g/mol. The second-order valence-electron chi connectivity index (χ2n) is 9.36. The molecule has 170 valence electrons. The van der Waals surface area contributed by atoms with Crippen LogP contribution in [0, 0.1) is 6.92 Å². The van der Waals surface area contributed by atoms with Crippen molar-refractivity contribution in [2.45, 2.75) is 45.6 Å². The lowest BCUT2D eigenvalue weighted by Gasteiger charge is -2.27. The number of piperidine rings is 1. The minimum absolute atomic E-state index is 0.0783. The van der Waals surface area contributed by atoms with Gasteiger partial charge in [0.25, 0.3) is 5.91 Å². The number of fused-ring (bicyclic) bond motifs is 2. The van der Waals surface area contributed by atoms with Gasteiger partial charge in [-0.2, -0.15) is 0 Å². The molecule has 0 atom stereocenters. The Balaban J connectivity index is 1.60. The van der Waals surface area contributed by atoms with Gasteiger partial charge in [0.2, 0.25) is 5.91 Å². The topological polar surface area (TPSA) is 73.7 Å². The number of likely N-dealkylation sites (tertiary alicyclic amines) is 1. The van der Waals surface area contributed by atoms with Crippen molar-refractivity contribution >= 4 is 22.7 Å². The molecule has 1 fully saturated rings. The average Bonchev–Trinajstić information content (AvgIpc) is 3.13. The van der Waals surface area contributed by atoms with Crippen molar-refractivity contribution in [3.05, 3.63) is 69.9 Å². The highest BCUT2D eigenvalue weighted by Crippen LogP contribution is 2.40. The summed E-state index contributed by atoms with van der Waals surface area (Å²) >= 11 is 0. The van der Waals surface area contributed by atoms with E-state index in [1.54, 1.807) is 18.1 Å². The zero-order valence-electron chi connectivity index (χ0n) is 19.2. The van der Waals surface area contributed by atoms with E-state index < -0.39 is 0 Å². The molecular weight excluding hydrogens is 414 g/mol. The molecule has 2 aliphatic rings. The lowest BCUT2D eigenvalue weighted by Crippen LogP contribution is -2.36. The van der Waals surface area contributed by atoms with Gasteiger partial charge in [0.05, 0.1) is 12.0 Å². The van der Waals surface area contributed by atoms with E-state index in [-0.39, 0.29) is 24.0 Å². The van der Waals surface area contributed by atoms with Crippen molar-refractivity contribution in [2.75, 3.05) is 20.1 Å². The van der Waals surface area contributed by atoms with Crippen LogP contribution in [0.2, 0.25) is 0 Å². The molecule has 2 amide bonds. The Bertz CT molecular complexity index is 1240. The number of hydrogen-bond donors (Lipinski definition) is 1. The normalized spacial score (nSPS) is 15.9. The molecule has 2 aliphatic heterocycles. The summed E-state index contributed by atoms with van der Waals surface area (Å²) < 4.78 is 0. The Morgan fingerprint density at radius 1 is 1.09 bits per heavy atom. The third-order valence-corrected chi connectivity index (χ3v) is 6.92. The molecule has 6 nitrogen and oxygen atoms in total. The van der Waals surface area contributed by atoms with Crippen LogP contribution in [-0.4, -0.2) is 51.8 Å². The Morgan fingerprint density at radius 3 is 2.55 bits per heavy atom. The molecule has 3 heterocycles. The zero-order chi connectivity index (χ0) is 23.1. The number of aryl methyl sites for hydroxylation is 1. The largest absolute Gasteiger partial charge is 0.505 e. The second-order valence-corrected chi connectivity index (χ2v) is 9.36. The lowest BCUT2D eigenvalue weighted by atomic mass is 9.92. The van der Waals surface area contributed by atoms with E-state index in [2.05, 4.69) is 36.2 Å². The van der Waals surface area contributed by atoms with Gasteiger partial charge in [-0.3, -0.25) is 14.6 Å². The number of pyridine rings is 1. The molecule has 1 N–H and O–H groups in total. The quantitative estimate of drug-likeness (QED) is 0.662. The summed E-state index contributed by atoms with van der Waals surface area (Å²) in [6, 6.07) is 10.4. The molecule has 0 aliphatic carbocycles. The van der Waals surface area contributed by atoms with Gasteiger partial charge in [0.15, 0.2) is 5.75 Å². The number of rotatable bonds is 4. The highest BCUT2D eigenvalue weighted by atomic mass is 16.3. The molecule has 2 aromatic carbocycles. The maximum atomic E-state index is 13.2. The van der Waals surface area contributed by atoms with Crippen LogP contribution in [0.25, 0.3) is 10.9 Å². The van der Waals surface area contributed by atoms with Gasteiger partial charge in [-0.05, 0) is 60.9 Å². The van der Waals surface area contributed by atoms with Crippen molar-refractivity contribution in [1.82, 2.24) is 14.8 Å². The number of amides is 2. The molecule has 3 aromatic rings. The molecule has 33 heavy (non-hydrogen) atoms. The molecule has 1 aromatic heterocycles. The third-order valence-electron chi connectivity index (χ3n) is 6.92. The van der Waals surface area contributed by atoms with Crippen LogP contribution in [0.15, 0.2) is 36.5 Å². The molecule has 0 unspecified atom stereocenters. The number of phenolic OH excluding ortho intramolecular Hbond substituents is 1. The lowest BCUT2D eigenvalue weighted by molar-refractivity contribution is -0.131. The van der Waals surface area contributed by atoms with Crippen molar-refractivity contribution in [2.24, 2.45) is 0 Å². The second kappa shape index (κ2) is 8.50. The summed E-state index contributed by atoms with van der Waals surface area (Å²) in [6.07, 6.45) is 5.91. The minimum atomic E-state index is -0.221. The van der Waals surface area contributed by atoms with E-state index in [0.717, 1.165) is 54.4 Å². The number of aromatic nitrogens is 1. The van der Waals surface area contributed by atoms with Crippen LogP contribution in [0.1, 0.15) is 57.4 Å². The van der Waals surface area contributed by atoms with Gasteiger partial charge in [-0.15, -0.1) is 0 Å². The number of phenols is 1. The third kappa shape index (κ3) is 3.94. The van der Waals surface area contributed by atoms with Crippen LogP contribution in [0.3, 0.4) is 0 Å². The number of aromatic hydroxyl groups is 1. The summed E-state index contributed by atoms with van der Waals surface area (Å²) in [5.41, 5.74) is 5.67. The van der Waals surface area contributed by atoms with E-state index in [1.165, 1.54) is 11.1 Å². The summed E-state index contributed by atoms with van der Waals surface area (Å²) in [7, 11) is 1.72. The number of nitrogens with zero attached hydrogens (tertiary/aromatic N) is 3. The van der Waals surface area contributed by atoms with Crippen molar-refractivity contribution in [3.8, 4) is 5.75 Å². The van der Waals surface area contributed by atoms with E-state index in [9.17, 15) is 14.7 Å². The molecule has 0 bridgehead atoms. The Kier molecular flexibility index (Phi) is 5.52. The Morgan fingerprint density at radius 2 is 1.82 bits per heavy atom. The highest BCUT2D eigenvalue weighted by molar-refractivity contribution is 6.08. The smallest absolute Gasteiger partial charge is 0.258 e. The van der Waals surface area contributed by atoms with E-state index in [4.69, 9.17) is 0 Å². The first-order valence-corrected chi connectivity index (χ1v) is 11.7. The van der Waals surface area contributed by atoms with E-state index in [1.807, 2.05) is 11.0 Å². The Hall–Kier alpha value is -3.41. The van der Waals surface area contributed by atoms with E-state index >= 15 is 0 Å². The number of benzene rings is 2. The first kappa shape index (κ1) is 21.4. The summed E-state index contributed by atoms with van der Waals surface area (Å²) in [4.78, 5) is 34.1. The molecule has 0 radical (unpaired) electrons. The summed E-state index contributed by atoms with van der Waals surface area (Å²) in [5.74, 6) is -0.221. The van der Waals surface area contributed by atoms with Crippen molar-refractivity contribution < 1.29 is 14.7 Å². The molecule has 1 saturated heterocycles. The van der Waals surface area contributed by atoms with Crippen LogP contribution in [-0.2, 0) is 24.2 Å². The standard InChI is InChI=1S/C27H29N3O3/c1-17-6-8-18(9-7-17)12-19-13-21-20(14-23(31)30-10-4-3-5-11-30)22-16-29(2)27(33)24(22)26(32)25(21)28-15-19/h6-9,13,15,32H,3-5,10-12,14,16H2,1-2H3. The van der Waals surface area contributed by atoms with Crippen molar-refractivity contribution in [3.63, 3.8) is 0 Å². The fourth-order valence-corrected chi connectivity index (χ4v) is 5.05. The highest BCUT2D eigenvalue weighted by Gasteiger charge is 2.34. The predicted molar refractivity (Wildman–Crippen MR) is 127 cm³/mol. The molecular formula is C27H29N3O3. The SMILES string of the molecule is Cc1ccc(Cc2cnc3c(O)c4c(c(CC(=O)N5CCCCC5)c3c2)CN(C)C4=O)cc1. The van der Waals surface area contributed by atoms with Crippen LogP contribution < -0.4 is 0 Å². The van der Waals surface area contributed by atoms with Crippen LogP contribution in [0.5, 0.6) is 5.75 Å². The van der Waals surface area contributed by atoms with Gasteiger partial charge in [0.1, 0.15) is 5.52 Å². The predicted octanol–water partition coefficient (Wildman–Crippen LogP) is 3.98. The van der Waals surface area contributed by atoms with Gasteiger partial charge in [-0.25, -0.2) is 0 Å². The molecule has 5 rings (SSSR count). The van der Waals surface area contributed by atoms with E-state index in [0.29, 0.717) is 24.0 Å². The van der Waals surface area contributed by atoms with Crippen LogP contribution >= 0.6 is 0 Å². The van der Waals surface area contributed by atoms with Gasteiger partial charge in [0, 0.05) is 38.3 Å². The first-order valence-electron chi connectivity index (χ1n) is 11.7. The minimum Gasteiger partial charge on any atom is -0.505 e. The summed E-state index contributed by atoms with van der Waals surface area (Å²) in [5, 5.41) is 11.7. The zero-order valence-corrected chi connectivity index (χ0v) is 19.2. The van der Waals surface area contributed by atoms with Gasteiger partial charge >= 0.3 is 0 Å². The fraction of sp³-hybridized carbons (Fsp3) is 0.370. The molecule has 6 heteroatoms. The maximum Gasteiger partial charge on any atom is 0.258 e. The fourth-order valence-electron chi connectivity index (χ4n) is 5.05. The van der Waals surface area contributed by atoms with Gasteiger partial charge in [-0.1, -0.05) is 29.8 Å². The average molecular weight is 444 g/mol. The molecule has 0 spiro atoms. The number of hydrogen-bond acceptors (Lipinski definition) is 4. The molecule has 0 saturated carbocycles. The first-order chi connectivity index (χ1) is 15.9. The number of carbonyl (C=O) groups excluding carboxylic acids is 2. The maximum absolute atomic E-state index is 13.2. The number of carbonyl (C=O) groups is 2. The Labute approximate surface area is 193 Å². The summed E-state index contributed by atoms with van der Waals surface area (Å²) in [6.45, 7) is 4.02. The van der Waals surface area contributed by atoms with Crippen molar-refractivity contribution in [1.29, 1.82) is 0 Å². The van der Waals surface area contributed by atoms with Gasteiger partial charge < -0.3 is 14.9 Å².